The van der Waals surface area contributed by atoms with Crippen molar-refractivity contribution in [1.29, 1.82) is 0 Å². The van der Waals surface area contributed by atoms with Gasteiger partial charge in [-0.25, -0.2) is 14.3 Å². The third-order valence-electron chi connectivity index (χ3n) is 6.71. The van der Waals surface area contributed by atoms with Crippen molar-refractivity contribution in [3.8, 4) is 0 Å². The van der Waals surface area contributed by atoms with Crippen molar-refractivity contribution >= 4 is 34.6 Å². The smallest absolute Gasteiger partial charge is 0.465 e. The molecule has 2 amide bonds. The van der Waals surface area contributed by atoms with E-state index in [1.807, 2.05) is 27.8 Å². The molecule has 10 nitrogen and oxygen atoms in total. The number of esters is 1. The lowest BCUT2D eigenvalue weighted by molar-refractivity contribution is -0.844. The van der Waals surface area contributed by atoms with Gasteiger partial charge in [-0.2, -0.15) is 23.1 Å². The van der Waals surface area contributed by atoms with E-state index in [9.17, 15) is 27.6 Å². The highest BCUT2D eigenvalue weighted by Gasteiger charge is 2.41. The van der Waals surface area contributed by atoms with Crippen LogP contribution in [-0.2, 0) is 15.7 Å². The van der Waals surface area contributed by atoms with E-state index >= 15 is 0 Å². The molecule has 214 valence electrons. The van der Waals surface area contributed by atoms with Gasteiger partial charge in [0.2, 0.25) is 0 Å². The van der Waals surface area contributed by atoms with Gasteiger partial charge in [0.25, 0.3) is 5.91 Å². The molecule has 2 aromatic heterocycles. The Bertz CT molecular complexity index is 1450. The number of ether oxygens (including phenoxy) is 2. The van der Waals surface area contributed by atoms with Crippen LogP contribution in [-0.4, -0.2) is 70.1 Å². The number of halogens is 3. The van der Waals surface area contributed by atoms with E-state index in [0.29, 0.717) is 36.8 Å². The molecule has 4 rings (SSSR count). The average molecular weight is 563 g/mol. The third-order valence-corrected chi connectivity index (χ3v) is 6.71. The Labute approximate surface area is 228 Å². The number of alkyl halides is 3. The van der Waals surface area contributed by atoms with Gasteiger partial charge in [-0.15, -0.1) is 0 Å². The van der Waals surface area contributed by atoms with Gasteiger partial charge in [0.1, 0.15) is 17.0 Å². The van der Waals surface area contributed by atoms with Crippen molar-refractivity contribution in [2.24, 2.45) is 0 Å². The molecule has 1 aliphatic heterocycles. The summed E-state index contributed by atoms with van der Waals surface area (Å²) in [5, 5.41) is 7.69. The lowest BCUT2D eigenvalue weighted by Gasteiger charge is -2.38. The van der Waals surface area contributed by atoms with Crippen LogP contribution in [0.4, 0.5) is 23.7 Å². The molecule has 1 aliphatic rings. The van der Waals surface area contributed by atoms with Crippen LogP contribution in [0.1, 0.15) is 66.2 Å². The molecule has 0 bridgehead atoms. The number of methoxy groups -OCH3 is 1. The summed E-state index contributed by atoms with van der Waals surface area (Å²) in [4.78, 5) is 41.4. The number of carbonyl (C=O) groups is 3. The van der Waals surface area contributed by atoms with E-state index < -0.39 is 35.0 Å². The van der Waals surface area contributed by atoms with Crippen LogP contribution in [0.15, 0.2) is 36.5 Å². The first-order valence-corrected chi connectivity index (χ1v) is 12.6. The lowest BCUT2D eigenvalue weighted by Crippen LogP contribution is -2.55. The fourth-order valence-electron chi connectivity index (χ4n) is 4.51. The van der Waals surface area contributed by atoms with Crippen LogP contribution in [0.5, 0.6) is 0 Å². The predicted molar refractivity (Wildman–Crippen MR) is 139 cm³/mol. The monoisotopic (exact) mass is 562 g/mol. The van der Waals surface area contributed by atoms with Gasteiger partial charge in [0.05, 0.1) is 50.1 Å². The first kappa shape index (κ1) is 29.0. The maximum Gasteiger partial charge on any atom is 0.516 e. The maximum absolute atomic E-state index is 13.1. The molecule has 3 heterocycles. The van der Waals surface area contributed by atoms with E-state index in [0.717, 1.165) is 18.2 Å². The molecule has 0 radical (unpaired) electrons. The third kappa shape index (κ3) is 6.24. The molecule has 0 spiro atoms. The van der Waals surface area contributed by atoms with Crippen molar-refractivity contribution < 1.29 is 41.5 Å². The Morgan fingerprint density at radius 1 is 1.10 bits per heavy atom. The van der Waals surface area contributed by atoms with Crippen molar-refractivity contribution in [2.75, 3.05) is 32.6 Å². The number of hydrogen-bond acceptors (Lipinski definition) is 7. The minimum absolute atomic E-state index is 0.0154. The van der Waals surface area contributed by atoms with E-state index in [2.05, 4.69) is 15.4 Å². The van der Waals surface area contributed by atoms with Crippen molar-refractivity contribution in [3.63, 3.8) is 0 Å². The number of quaternary nitrogens is 1. The highest BCUT2D eigenvalue weighted by molar-refractivity contribution is 6.09. The number of nitrogens with zero attached hydrogens (tertiary/aromatic N) is 4. The largest absolute Gasteiger partial charge is 0.516 e. The predicted octanol–water partition coefficient (Wildman–Crippen LogP) is 5.21. The van der Waals surface area contributed by atoms with Crippen molar-refractivity contribution in [3.05, 3.63) is 53.5 Å². The summed E-state index contributed by atoms with van der Waals surface area (Å²) < 4.78 is 51.5. The number of likely N-dealkylation sites (tertiary alicyclic amines) is 1. The van der Waals surface area contributed by atoms with Gasteiger partial charge in [-0.05, 0) is 45.0 Å². The summed E-state index contributed by atoms with van der Waals surface area (Å²) in [5.41, 5.74) is -1.77. The molecule has 1 fully saturated rings. The number of benzene rings is 1. The summed E-state index contributed by atoms with van der Waals surface area (Å²) >= 11 is 0. The number of anilines is 1. The highest BCUT2D eigenvalue weighted by atomic mass is 19.4. The quantitative estimate of drug-likeness (QED) is 0.343. The number of amides is 2. The molecular formula is C27H31F3N5O5+. The van der Waals surface area contributed by atoms with Crippen LogP contribution in [0.25, 0.3) is 10.9 Å². The number of carbonyl (C=O) groups excluding carboxylic acids is 3. The van der Waals surface area contributed by atoms with Gasteiger partial charge in [-0.3, -0.25) is 9.48 Å². The Kier molecular flexibility index (Phi) is 7.63. The number of aromatic nitrogens is 3. The minimum Gasteiger partial charge on any atom is -0.465 e. The maximum atomic E-state index is 13.1. The molecule has 13 heteroatoms. The Balaban J connectivity index is 1.58. The van der Waals surface area contributed by atoms with E-state index in [-0.39, 0.29) is 27.9 Å². The summed E-state index contributed by atoms with van der Waals surface area (Å²) in [6, 6.07) is 5.94. The van der Waals surface area contributed by atoms with Gasteiger partial charge in [-0.1, -0.05) is 6.07 Å². The fraction of sp³-hybridized carbons (Fsp3) is 0.444. The molecule has 0 atom stereocenters. The Morgan fingerprint density at radius 3 is 2.38 bits per heavy atom. The zero-order valence-electron chi connectivity index (χ0n) is 22.8. The van der Waals surface area contributed by atoms with Gasteiger partial charge in [0.15, 0.2) is 0 Å². The summed E-state index contributed by atoms with van der Waals surface area (Å²) in [6.45, 7) is 6.58. The zero-order chi connectivity index (χ0) is 29.5. The topological polar surface area (TPSA) is 112 Å². The normalized spacial score (nSPS) is 19.8. The van der Waals surface area contributed by atoms with Crippen molar-refractivity contribution in [2.45, 2.75) is 51.4 Å². The number of fused-ring (bicyclic) bond motifs is 1. The second kappa shape index (κ2) is 10.5. The van der Waals surface area contributed by atoms with Gasteiger partial charge >= 0.3 is 18.2 Å². The lowest BCUT2D eigenvalue weighted by atomic mass is 10.0. The average Bonchev–Trinajstić information content (AvgIpc) is 3.29. The van der Waals surface area contributed by atoms with Crippen molar-refractivity contribution in [1.82, 2.24) is 14.8 Å². The summed E-state index contributed by atoms with van der Waals surface area (Å²) in [6.07, 6.45) is -1.93. The highest BCUT2D eigenvalue weighted by Crippen LogP contribution is 2.31. The summed E-state index contributed by atoms with van der Waals surface area (Å²) in [5.74, 6) is -1.68. The first-order valence-electron chi connectivity index (χ1n) is 12.6. The first-order chi connectivity index (χ1) is 18.6. The molecule has 0 unspecified atom stereocenters. The molecule has 40 heavy (non-hydrogen) atoms. The van der Waals surface area contributed by atoms with Gasteiger partial charge in [0, 0.05) is 24.4 Å². The van der Waals surface area contributed by atoms with Crippen LogP contribution >= 0.6 is 0 Å². The Hall–Kier alpha value is -4.00. The standard InChI is InChI=1S/C27H30F3N5O5/c1-26(2,3)40-25(38)35(4)11-9-17(10-12-35)34-15-16-13-21(18(24(37)39-5)14-20(16)33-34)32-23(36)19-7-6-8-22(31-19)27(28,29)30/h6-8,13-15,17H,9-12H2,1-5H3/p+1. The molecule has 1 aromatic carbocycles. The molecule has 1 saturated heterocycles. The second-order valence-electron chi connectivity index (χ2n) is 11.0. The molecule has 1 N–H and O–H groups in total. The number of pyridine rings is 1. The van der Waals surface area contributed by atoms with Crippen LogP contribution in [0.3, 0.4) is 0 Å². The number of hydrogen-bond donors (Lipinski definition) is 1. The van der Waals surface area contributed by atoms with Crippen LogP contribution in [0, 0.1) is 0 Å². The second-order valence-corrected chi connectivity index (χ2v) is 11.0. The van der Waals surface area contributed by atoms with Crippen LogP contribution in [0.2, 0.25) is 0 Å². The molecule has 3 aromatic rings. The van der Waals surface area contributed by atoms with Crippen LogP contribution < -0.4 is 5.32 Å². The molecular weight excluding hydrogens is 531 g/mol. The minimum atomic E-state index is -4.72. The van der Waals surface area contributed by atoms with E-state index in [4.69, 9.17) is 9.47 Å². The fourth-order valence-corrected chi connectivity index (χ4v) is 4.51. The van der Waals surface area contributed by atoms with Gasteiger partial charge < -0.3 is 14.8 Å². The summed E-state index contributed by atoms with van der Waals surface area (Å²) in [7, 11) is 3.02. The number of piperidine rings is 1. The van der Waals surface area contributed by atoms with E-state index in [1.165, 1.54) is 19.2 Å². The number of rotatable bonds is 4. The SMILES string of the molecule is COC(=O)c1cc2nn(C3CC[N+](C)(C(=O)OC(C)(C)C)CC3)cc2cc1NC(=O)c1cccc(C(F)(F)F)n1. The van der Waals surface area contributed by atoms with E-state index in [1.54, 1.807) is 10.9 Å². The zero-order valence-corrected chi connectivity index (χ0v) is 22.8. The Morgan fingerprint density at radius 2 is 1.77 bits per heavy atom. The number of nitrogens with one attached hydrogen (secondary N) is 1. The molecule has 0 aliphatic carbocycles. The molecule has 0 saturated carbocycles.